The number of carbonyl (C=O) groups is 1. The maximum atomic E-state index is 13.2. The van der Waals surface area contributed by atoms with E-state index in [1.807, 2.05) is 0 Å². The molecule has 3 N–H and O–H groups in total. The Bertz CT molecular complexity index is 1410. The number of alkyl halides is 3. The van der Waals surface area contributed by atoms with Gasteiger partial charge < -0.3 is 25.4 Å². The summed E-state index contributed by atoms with van der Waals surface area (Å²) in [7, 11) is 3.28. The molecular weight excluding hydrogens is 491 g/mol. The van der Waals surface area contributed by atoms with E-state index >= 15 is 0 Å². The number of benzene rings is 2. The third-order valence-corrected chi connectivity index (χ3v) is 5.35. The number of urea groups is 1. The van der Waals surface area contributed by atoms with Crippen LogP contribution in [0.5, 0.6) is 6.01 Å². The standard InChI is InChI=1S/C24H24F3N7O3/c1-14-4-5-16(12-18(14)24(25,26)27)32-22(35)31-15-6-8-17(9-7-15)34-21-19(20(28-2)29-13-30-21)33-23(34)37-11-10-36-3/h4-9,12-13H,10-11H2,1-3H3,(H,28,29,30)(H2,31,32,35). The van der Waals surface area contributed by atoms with Crippen LogP contribution in [0.1, 0.15) is 11.1 Å². The highest BCUT2D eigenvalue weighted by molar-refractivity contribution is 5.99. The van der Waals surface area contributed by atoms with E-state index in [1.54, 1.807) is 43.0 Å². The van der Waals surface area contributed by atoms with Gasteiger partial charge in [0.15, 0.2) is 17.0 Å². The van der Waals surface area contributed by atoms with E-state index in [1.165, 1.54) is 25.4 Å². The SMILES string of the molecule is CNc1ncnc2c1nc(OCCOC)n2-c1ccc(NC(=O)Nc2ccc(C)c(C(F)(F)F)c2)cc1. The average molecular weight is 515 g/mol. The highest BCUT2D eigenvalue weighted by atomic mass is 19.4. The summed E-state index contributed by atoms with van der Waals surface area (Å²) in [5.74, 6) is 0.528. The van der Waals surface area contributed by atoms with E-state index in [0.717, 1.165) is 6.07 Å². The fourth-order valence-electron chi connectivity index (χ4n) is 3.59. The van der Waals surface area contributed by atoms with Crippen LogP contribution in [0.25, 0.3) is 16.9 Å². The van der Waals surface area contributed by atoms with Gasteiger partial charge >= 0.3 is 18.2 Å². The minimum absolute atomic E-state index is 0.0230. The number of nitrogens with zero attached hydrogens (tertiary/aromatic N) is 4. The second-order valence-corrected chi connectivity index (χ2v) is 7.87. The molecule has 4 rings (SSSR count). The Hall–Kier alpha value is -4.39. The molecule has 0 bridgehead atoms. The van der Waals surface area contributed by atoms with Gasteiger partial charge in [0.05, 0.1) is 17.9 Å². The van der Waals surface area contributed by atoms with E-state index in [2.05, 4.69) is 30.9 Å². The number of imidazole rings is 1. The van der Waals surface area contributed by atoms with Crippen LogP contribution < -0.4 is 20.7 Å². The second kappa shape index (κ2) is 10.7. The van der Waals surface area contributed by atoms with Crippen LogP contribution >= 0.6 is 0 Å². The zero-order valence-corrected chi connectivity index (χ0v) is 20.2. The summed E-state index contributed by atoms with van der Waals surface area (Å²) >= 11 is 0. The molecule has 0 aliphatic heterocycles. The lowest BCUT2D eigenvalue weighted by molar-refractivity contribution is -0.138. The van der Waals surface area contributed by atoms with Crippen LogP contribution in [-0.4, -0.2) is 52.9 Å². The molecule has 0 fully saturated rings. The minimum atomic E-state index is -4.52. The molecule has 0 unspecified atom stereocenters. The van der Waals surface area contributed by atoms with Gasteiger partial charge in [-0.3, -0.25) is 0 Å². The molecule has 10 nitrogen and oxygen atoms in total. The van der Waals surface area contributed by atoms with Crippen molar-refractivity contribution in [1.82, 2.24) is 19.5 Å². The highest BCUT2D eigenvalue weighted by Gasteiger charge is 2.32. The molecule has 0 saturated carbocycles. The van der Waals surface area contributed by atoms with Gasteiger partial charge in [-0.25, -0.2) is 19.3 Å². The van der Waals surface area contributed by atoms with Crippen LogP contribution in [0.3, 0.4) is 0 Å². The number of anilines is 3. The smallest absolute Gasteiger partial charge is 0.416 e. The maximum Gasteiger partial charge on any atom is 0.416 e. The zero-order valence-electron chi connectivity index (χ0n) is 20.2. The number of aromatic nitrogens is 4. The van der Waals surface area contributed by atoms with Crippen molar-refractivity contribution < 1.29 is 27.4 Å². The number of carbonyl (C=O) groups excluding carboxylic acids is 1. The monoisotopic (exact) mass is 515 g/mol. The van der Waals surface area contributed by atoms with E-state index in [-0.39, 0.29) is 23.9 Å². The van der Waals surface area contributed by atoms with Gasteiger partial charge in [0.1, 0.15) is 12.9 Å². The molecule has 2 aromatic heterocycles. The maximum absolute atomic E-state index is 13.2. The second-order valence-electron chi connectivity index (χ2n) is 7.87. The number of rotatable bonds is 8. The summed E-state index contributed by atoms with van der Waals surface area (Å²) in [5.41, 5.74) is 1.36. The lowest BCUT2D eigenvalue weighted by atomic mass is 10.1. The number of methoxy groups -OCH3 is 1. The Morgan fingerprint density at radius 3 is 2.41 bits per heavy atom. The number of aryl methyl sites for hydroxylation is 1. The molecule has 37 heavy (non-hydrogen) atoms. The minimum Gasteiger partial charge on any atom is -0.462 e. The summed E-state index contributed by atoms with van der Waals surface area (Å²) in [5, 5.41) is 8.00. The molecule has 2 amide bonds. The van der Waals surface area contributed by atoms with E-state index < -0.39 is 17.8 Å². The first-order valence-electron chi connectivity index (χ1n) is 11.1. The molecule has 13 heteroatoms. The number of hydrogen-bond donors (Lipinski definition) is 3. The summed E-state index contributed by atoms with van der Waals surface area (Å²) in [6, 6.07) is 9.90. The quantitative estimate of drug-likeness (QED) is 0.287. The van der Waals surface area contributed by atoms with Gasteiger partial charge in [-0.05, 0) is 48.9 Å². The summed E-state index contributed by atoms with van der Waals surface area (Å²) in [6.45, 7) is 1.98. The van der Waals surface area contributed by atoms with Crippen LogP contribution in [0.2, 0.25) is 0 Å². The molecule has 4 aromatic rings. The number of amides is 2. The lowest BCUT2D eigenvalue weighted by Crippen LogP contribution is -2.20. The Labute approximate surface area is 209 Å². The molecule has 2 aromatic carbocycles. The molecule has 2 heterocycles. The first kappa shape index (κ1) is 25.7. The van der Waals surface area contributed by atoms with Crippen LogP contribution in [0.4, 0.5) is 35.2 Å². The molecule has 0 saturated heterocycles. The first-order chi connectivity index (χ1) is 17.7. The predicted octanol–water partition coefficient (Wildman–Crippen LogP) is 4.85. The van der Waals surface area contributed by atoms with Crippen molar-refractivity contribution in [1.29, 1.82) is 0 Å². The molecular formula is C24H24F3N7O3. The van der Waals surface area contributed by atoms with E-state index in [9.17, 15) is 18.0 Å². The summed E-state index contributed by atoms with van der Waals surface area (Å²) in [4.78, 5) is 25.5. The molecule has 0 radical (unpaired) electrons. The van der Waals surface area contributed by atoms with Gasteiger partial charge in [-0.2, -0.15) is 18.2 Å². The fourth-order valence-corrected chi connectivity index (χ4v) is 3.59. The number of nitrogens with one attached hydrogen (secondary N) is 3. The Balaban J connectivity index is 1.55. The van der Waals surface area contributed by atoms with Crippen molar-refractivity contribution in [2.24, 2.45) is 0 Å². The number of halogens is 3. The predicted molar refractivity (Wildman–Crippen MR) is 132 cm³/mol. The van der Waals surface area contributed by atoms with Crippen molar-refractivity contribution >= 4 is 34.4 Å². The van der Waals surface area contributed by atoms with Crippen molar-refractivity contribution in [2.45, 2.75) is 13.1 Å². The third-order valence-electron chi connectivity index (χ3n) is 5.35. The van der Waals surface area contributed by atoms with Crippen LogP contribution in [-0.2, 0) is 10.9 Å². The van der Waals surface area contributed by atoms with E-state index in [4.69, 9.17) is 9.47 Å². The molecule has 0 aliphatic carbocycles. The number of ether oxygens (including phenoxy) is 2. The molecule has 0 atom stereocenters. The van der Waals surface area contributed by atoms with E-state index in [0.29, 0.717) is 35.0 Å². The fraction of sp³-hybridized carbons (Fsp3) is 0.250. The van der Waals surface area contributed by atoms with Gasteiger partial charge in [0.25, 0.3) is 0 Å². The molecule has 194 valence electrons. The summed E-state index contributed by atoms with van der Waals surface area (Å²) in [6.07, 6.45) is -3.11. The number of hydrogen-bond acceptors (Lipinski definition) is 7. The normalized spacial score (nSPS) is 11.4. The largest absolute Gasteiger partial charge is 0.462 e. The lowest BCUT2D eigenvalue weighted by Gasteiger charge is -2.13. The Kier molecular flexibility index (Phi) is 7.43. The van der Waals surface area contributed by atoms with Crippen molar-refractivity contribution in [3.8, 4) is 11.7 Å². The summed E-state index contributed by atoms with van der Waals surface area (Å²) < 4.78 is 52.0. The van der Waals surface area contributed by atoms with Crippen LogP contribution in [0, 0.1) is 6.92 Å². The molecule has 0 aliphatic rings. The Morgan fingerprint density at radius 2 is 1.73 bits per heavy atom. The van der Waals surface area contributed by atoms with Crippen molar-refractivity contribution in [2.75, 3.05) is 43.3 Å². The van der Waals surface area contributed by atoms with Crippen molar-refractivity contribution in [3.05, 3.63) is 59.9 Å². The third kappa shape index (κ3) is 5.72. The number of fused-ring (bicyclic) bond motifs is 1. The van der Waals surface area contributed by atoms with Crippen molar-refractivity contribution in [3.63, 3.8) is 0 Å². The highest BCUT2D eigenvalue weighted by Crippen LogP contribution is 2.33. The van der Waals surface area contributed by atoms with Gasteiger partial charge in [0.2, 0.25) is 0 Å². The first-order valence-corrected chi connectivity index (χ1v) is 11.1. The zero-order chi connectivity index (χ0) is 26.6. The molecule has 0 spiro atoms. The van der Waals surface area contributed by atoms with Gasteiger partial charge in [-0.15, -0.1) is 0 Å². The van der Waals surface area contributed by atoms with Gasteiger partial charge in [0, 0.05) is 25.5 Å². The van der Waals surface area contributed by atoms with Gasteiger partial charge in [-0.1, -0.05) is 6.07 Å². The topological polar surface area (TPSA) is 115 Å². The van der Waals surface area contributed by atoms with Crippen LogP contribution in [0.15, 0.2) is 48.8 Å². The Morgan fingerprint density at radius 1 is 1.03 bits per heavy atom. The average Bonchev–Trinajstić information content (AvgIpc) is 3.23.